The third-order valence-electron chi connectivity index (χ3n) is 5.86. The Balaban J connectivity index is 0.000000532. The maximum atomic E-state index is 12.6. The number of carboxylic acid groups (broad SMARTS) is 2. The lowest BCUT2D eigenvalue weighted by Gasteiger charge is -2.34. The fourth-order valence-electron chi connectivity index (χ4n) is 4.02. The van der Waals surface area contributed by atoms with Crippen molar-refractivity contribution < 1.29 is 41.4 Å². The number of sulfonamides is 1. The molecule has 210 valence electrons. The van der Waals surface area contributed by atoms with Crippen molar-refractivity contribution in [1.29, 1.82) is 0 Å². The molecule has 2 aromatic carbocycles. The van der Waals surface area contributed by atoms with Crippen LogP contribution in [0.15, 0.2) is 64.9 Å². The molecule has 3 aromatic rings. The molecule has 0 spiro atoms. The molecule has 3 N–H and O–H groups in total. The van der Waals surface area contributed by atoms with E-state index in [2.05, 4.69) is 21.8 Å². The van der Waals surface area contributed by atoms with Crippen LogP contribution in [0.3, 0.4) is 0 Å². The quantitative estimate of drug-likeness (QED) is 0.302. The number of carbonyl (C=O) groups is 2. The fraction of sp³-hybridized carbons (Fsp3) is 0.280. The van der Waals surface area contributed by atoms with Gasteiger partial charge in [0.25, 0.3) is 10.0 Å². The van der Waals surface area contributed by atoms with Gasteiger partial charge in [-0.2, -0.15) is 13.2 Å². The van der Waals surface area contributed by atoms with Crippen molar-refractivity contribution in [3.8, 4) is 0 Å². The number of piperidine rings is 1. The lowest BCUT2D eigenvalue weighted by Crippen LogP contribution is -2.35. The Bertz CT molecular complexity index is 1410. The van der Waals surface area contributed by atoms with Gasteiger partial charge in [-0.1, -0.05) is 41.9 Å². The summed E-state index contributed by atoms with van der Waals surface area (Å²) in [6, 6.07) is 18.0. The van der Waals surface area contributed by atoms with Gasteiger partial charge in [-0.3, -0.25) is 4.72 Å². The van der Waals surface area contributed by atoms with Gasteiger partial charge in [0, 0.05) is 18.8 Å². The Kier molecular flexibility index (Phi) is 9.86. The number of anilines is 2. The van der Waals surface area contributed by atoms with Crippen LogP contribution in [-0.4, -0.2) is 49.8 Å². The summed E-state index contributed by atoms with van der Waals surface area (Å²) >= 11 is 6.78. The smallest absolute Gasteiger partial charge is 0.478 e. The molecule has 1 aliphatic heterocycles. The summed E-state index contributed by atoms with van der Waals surface area (Å²) in [7, 11) is -3.83. The monoisotopic (exact) mass is 604 g/mol. The molecular weight excluding hydrogens is 581 g/mol. The fourth-order valence-corrected chi connectivity index (χ4v) is 6.55. The number of halogens is 4. The van der Waals surface area contributed by atoms with E-state index in [-0.39, 0.29) is 15.5 Å². The average Bonchev–Trinajstić information content (AvgIpc) is 3.32. The highest BCUT2D eigenvalue weighted by Gasteiger charge is 2.38. The van der Waals surface area contributed by atoms with Gasteiger partial charge in [0.2, 0.25) is 0 Å². The predicted octanol–water partition coefficient (Wildman–Crippen LogP) is 5.99. The minimum absolute atomic E-state index is 0.0731. The van der Waals surface area contributed by atoms with Crippen molar-refractivity contribution in [3.63, 3.8) is 0 Å². The van der Waals surface area contributed by atoms with Crippen LogP contribution in [0.4, 0.5) is 24.5 Å². The van der Waals surface area contributed by atoms with E-state index in [0.29, 0.717) is 15.9 Å². The summed E-state index contributed by atoms with van der Waals surface area (Å²) in [6.07, 6.45) is -2.11. The van der Waals surface area contributed by atoms with Gasteiger partial charge in [0.05, 0.1) is 15.6 Å². The second kappa shape index (κ2) is 12.7. The SMILES string of the molecule is O=C(O)C(F)(F)F.O=C(O)c1cc(NS(=O)(=O)c2ccc(Cl)s2)ccc1N1CCC(Cc2ccccc2)CC1. The van der Waals surface area contributed by atoms with Crippen LogP contribution in [0, 0.1) is 5.92 Å². The zero-order valence-electron chi connectivity index (χ0n) is 20.2. The lowest BCUT2D eigenvalue weighted by molar-refractivity contribution is -0.192. The molecule has 0 atom stereocenters. The molecule has 0 amide bonds. The Morgan fingerprint density at radius 1 is 1.03 bits per heavy atom. The molecule has 1 fully saturated rings. The Morgan fingerprint density at radius 2 is 1.64 bits per heavy atom. The molecular formula is C25H24ClF3N2O6S2. The van der Waals surface area contributed by atoms with E-state index >= 15 is 0 Å². The number of alkyl halides is 3. The zero-order valence-corrected chi connectivity index (χ0v) is 22.6. The van der Waals surface area contributed by atoms with E-state index in [1.165, 1.54) is 23.8 Å². The van der Waals surface area contributed by atoms with Crippen molar-refractivity contribution in [2.75, 3.05) is 22.7 Å². The summed E-state index contributed by atoms with van der Waals surface area (Å²) in [5, 5.41) is 16.9. The summed E-state index contributed by atoms with van der Waals surface area (Å²) in [4.78, 5) is 22.9. The van der Waals surface area contributed by atoms with E-state index in [0.717, 1.165) is 43.7 Å². The van der Waals surface area contributed by atoms with Crippen molar-refractivity contribution in [1.82, 2.24) is 0 Å². The number of nitrogens with one attached hydrogen (secondary N) is 1. The van der Waals surface area contributed by atoms with Crippen LogP contribution in [0.2, 0.25) is 4.34 Å². The molecule has 0 bridgehead atoms. The number of aromatic carboxylic acids is 1. The van der Waals surface area contributed by atoms with Crippen molar-refractivity contribution >= 4 is 56.3 Å². The third kappa shape index (κ3) is 8.60. The number of rotatable bonds is 7. The number of hydrogen-bond acceptors (Lipinski definition) is 6. The summed E-state index contributed by atoms with van der Waals surface area (Å²) in [5.74, 6) is -3.29. The highest BCUT2D eigenvalue weighted by molar-refractivity contribution is 7.94. The topological polar surface area (TPSA) is 124 Å². The van der Waals surface area contributed by atoms with Crippen LogP contribution < -0.4 is 9.62 Å². The van der Waals surface area contributed by atoms with Crippen molar-refractivity contribution in [2.45, 2.75) is 29.6 Å². The normalized spacial score (nSPS) is 14.3. The molecule has 0 aliphatic carbocycles. The maximum Gasteiger partial charge on any atom is 0.490 e. The second-order valence-corrected chi connectivity index (χ2v) is 12.2. The molecule has 2 heterocycles. The van der Waals surface area contributed by atoms with Crippen molar-refractivity contribution in [2.24, 2.45) is 5.92 Å². The van der Waals surface area contributed by atoms with E-state index in [1.807, 2.05) is 18.2 Å². The summed E-state index contributed by atoms with van der Waals surface area (Å²) in [5.41, 5.74) is 2.21. The highest BCUT2D eigenvalue weighted by Crippen LogP contribution is 2.32. The van der Waals surface area contributed by atoms with Gasteiger partial charge in [-0.05, 0) is 61.1 Å². The van der Waals surface area contributed by atoms with E-state index in [9.17, 15) is 31.5 Å². The molecule has 14 heteroatoms. The van der Waals surface area contributed by atoms with Crippen LogP contribution in [-0.2, 0) is 21.2 Å². The minimum Gasteiger partial charge on any atom is -0.478 e. The first-order valence-electron chi connectivity index (χ1n) is 11.5. The van der Waals surface area contributed by atoms with Crippen LogP contribution in [0.5, 0.6) is 0 Å². The number of thiophene rings is 1. The number of carboxylic acids is 2. The number of benzene rings is 2. The van der Waals surface area contributed by atoms with Crippen LogP contribution in [0.1, 0.15) is 28.8 Å². The second-order valence-electron chi connectivity index (χ2n) is 8.62. The molecule has 4 rings (SSSR count). The van der Waals surface area contributed by atoms with Crippen molar-refractivity contribution in [3.05, 3.63) is 76.1 Å². The van der Waals surface area contributed by atoms with Crippen LogP contribution in [0.25, 0.3) is 0 Å². The molecule has 0 unspecified atom stereocenters. The van der Waals surface area contributed by atoms with E-state index in [1.54, 1.807) is 12.1 Å². The Hall–Kier alpha value is -3.29. The number of aliphatic carboxylic acids is 1. The first-order chi connectivity index (χ1) is 18.3. The van der Waals surface area contributed by atoms with Gasteiger partial charge in [0.15, 0.2) is 0 Å². The molecule has 1 aliphatic rings. The summed E-state index contributed by atoms with van der Waals surface area (Å²) in [6.45, 7) is 1.52. The van der Waals surface area contributed by atoms with Gasteiger partial charge in [-0.15, -0.1) is 11.3 Å². The van der Waals surface area contributed by atoms with Gasteiger partial charge >= 0.3 is 18.1 Å². The standard InChI is InChI=1S/C23H23ClN2O4S2.C2HF3O2/c24-21-8-9-22(31-21)32(29,30)25-18-6-7-20(19(15-18)23(27)28)26-12-10-17(11-13-26)14-16-4-2-1-3-5-16;3-2(4,5)1(6)7/h1-9,15,17,25H,10-14H2,(H,27,28);(H,6,7). The maximum absolute atomic E-state index is 12.6. The molecule has 1 aromatic heterocycles. The molecule has 0 radical (unpaired) electrons. The third-order valence-corrected chi connectivity index (χ3v) is 8.96. The highest BCUT2D eigenvalue weighted by atomic mass is 35.5. The lowest BCUT2D eigenvalue weighted by atomic mass is 9.90. The minimum atomic E-state index is -5.08. The number of nitrogens with zero attached hydrogens (tertiary/aromatic N) is 1. The first kappa shape index (κ1) is 30.3. The van der Waals surface area contributed by atoms with Crippen LogP contribution >= 0.6 is 22.9 Å². The number of hydrogen-bond donors (Lipinski definition) is 3. The molecule has 0 saturated carbocycles. The molecule has 8 nitrogen and oxygen atoms in total. The first-order valence-corrected chi connectivity index (χ1v) is 14.2. The Labute approximate surface area is 231 Å². The summed E-state index contributed by atoms with van der Waals surface area (Å²) < 4.78 is 59.7. The zero-order chi connectivity index (χ0) is 28.8. The van der Waals surface area contributed by atoms with Gasteiger partial charge in [0.1, 0.15) is 4.21 Å². The largest absolute Gasteiger partial charge is 0.490 e. The van der Waals surface area contributed by atoms with Gasteiger partial charge in [-0.25, -0.2) is 18.0 Å². The predicted molar refractivity (Wildman–Crippen MR) is 142 cm³/mol. The Morgan fingerprint density at radius 3 is 2.15 bits per heavy atom. The van der Waals surface area contributed by atoms with E-state index in [4.69, 9.17) is 21.5 Å². The average molecular weight is 605 g/mol. The molecule has 1 saturated heterocycles. The van der Waals surface area contributed by atoms with E-state index < -0.39 is 28.1 Å². The molecule has 39 heavy (non-hydrogen) atoms. The van der Waals surface area contributed by atoms with Gasteiger partial charge < -0.3 is 15.1 Å².